The topological polar surface area (TPSA) is 77.8 Å². The quantitative estimate of drug-likeness (QED) is 0.214. The van der Waals surface area contributed by atoms with Crippen molar-refractivity contribution in [2.24, 2.45) is 0 Å². The van der Waals surface area contributed by atoms with E-state index >= 15 is 0 Å². The smallest absolute Gasteiger partial charge is 0.339 e. The van der Waals surface area contributed by atoms with Crippen molar-refractivity contribution in [3.05, 3.63) is 52.8 Å². The fourth-order valence-corrected chi connectivity index (χ4v) is 4.98. The molecule has 1 aliphatic rings. The van der Waals surface area contributed by atoms with Gasteiger partial charge in [0.15, 0.2) is 6.61 Å². The normalized spacial score (nSPS) is 13.4. The monoisotopic (exact) mass is 472 g/mol. The first kappa shape index (κ1) is 25.1. The van der Waals surface area contributed by atoms with E-state index < -0.39 is 5.97 Å². The Morgan fingerprint density at radius 3 is 2.52 bits per heavy atom. The van der Waals surface area contributed by atoms with E-state index in [0.717, 1.165) is 50.3 Å². The van der Waals surface area contributed by atoms with Crippen LogP contribution >= 0.6 is 11.8 Å². The van der Waals surface area contributed by atoms with E-state index in [-0.39, 0.29) is 24.1 Å². The van der Waals surface area contributed by atoms with Crippen LogP contribution in [0, 0.1) is 13.8 Å². The van der Waals surface area contributed by atoms with Gasteiger partial charge in [0.05, 0.1) is 11.3 Å². The number of aromatic nitrogens is 1. The summed E-state index contributed by atoms with van der Waals surface area (Å²) in [6.07, 6.45) is 2.94. The van der Waals surface area contributed by atoms with Gasteiger partial charge in [-0.05, 0) is 51.3 Å². The van der Waals surface area contributed by atoms with Crippen molar-refractivity contribution in [2.45, 2.75) is 44.6 Å². The summed E-state index contributed by atoms with van der Waals surface area (Å²) in [6, 6.07) is 8.87. The summed E-state index contributed by atoms with van der Waals surface area (Å²) in [6.45, 7) is 6.55. The van der Waals surface area contributed by atoms with E-state index in [1.54, 1.807) is 25.3 Å². The fraction of sp³-hybridized carbons (Fsp3) is 0.480. The molecule has 1 aliphatic heterocycles. The molecule has 0 aliphatic carbocycles. The lowest BCUT2D eigenvalue weighted by Gasteiger charge is -2.15. The number of benzene rings is 1. The molecule has 2 heterocycles. The third kappa shape index (κ3) is 6.48. The second-order valence-electron chi connectivity index (χ2n) is 8.15. The number of aryl methyl sites for hydroxylation is 1. The molecule has 1 saturated heterocycles. The largest absolute Gasteiger partial charge is 0.454 e. The van der Waals surface area contributed by atoms with Crippen molar-refractivity contribution >= 4 is 29.4 Å². The highest BCUT2D eigenvalue weighted by Gasteiger charge is 2.21. The minimum absolute atomic E-state index is 0.0803. The average Bonchev–Trinajstić information content (AvgIpc) is 3.45. The van der Waals surface area contributed by atoms with Crippen LogP contribution in [0.4, 0.5) is 0 Å². The zero-order valence-corrected chi connectivity index (χ0v) is 20.4. The van der Waals surface area contributed by atoms with Crippen LogP contribution in [0.3, 0.4) is 0 Å². The van der Waals surface area contributed by atoms with Crippen molar-refractivity contribution in [1.29, 1.82) is 0 Å². The van der Waals surface area contributed by atoms with Gasteiger partial charge in [-0.15, -0.1) is 11.8 Å². The van der Waals surface area contributed by atoms with Gasteiger partial charge >= 0.3 is 5.97 Å². The molecule has 0 bridgehead atoms. The van der Waals surface area contributed by atoms with Crippen molar-refractivity contribution < 1.29 is 23.9 Å². The Bertz CT molecular complexity index is 995. The molecule has 8 heteroatoms. The molecule has 1 fully saturated rings. The summed E-state index contributed by atoms with van der Waals surface area (Å²) in [7, 11) is 1.67. The first-order valence-corrected chi connectivity index (χ1v) is 12.3. The highest BCUT2D eigenvalue weighted by atomic mass is 32.2. The Balaban J connectivity index is 1.59. The zero-order chi connectivity index (χ0) is 23.8. The summed E-state index contributed by atoms with van der Waals surface area (Å²) >= 11 is 1.33. The number of rotatable bonds is 11. The first-order valence-electron chi connectivity index (χ1n) is 11.3. The average molecular weight is 473 g/mol. The summed E-state index contributed by atoms with van der Waals surface area (Å²) in [5.41, 5.74) is 2.79. The Morgan fingerprint density at radius 1 is 1.06 bits per heavy atom. The van der Waals surface area contributed by atoms with E-state index in [1.807, 2.05) is 30.9 Å². The molecule has 2 aromatic rings. The Morgan fingerprint density at radius 2 is 1.79 bits per heavy atom. The number of amides is 1. The molecule has 3 rings (SSSR count). The van der Waals surface area contributed by atoms with Crippen LogP contribution in [-0.2, 0) is 20.8 Å². The van der Waals surface area contributed by atoms with Gasteiger partial charge in [-0.25, -0.2) is 4.79 Å². The van der Waals surface area contributed by atoms with Gasteiger partial charge in [0, 0.05) is 55.2 Å². The summed E-state index contributed by atoms with van der Waals surface area (Å²) in [4.78, 5) is 40.4. The van der Waals surface area contributed by atoms with Gasteiger partial charge < -0.3 is 18.9 Å². The maximum absolute atomic E-state index is 12.8. The number of hydrogen-bond acceptors (Lipinski definition) is 6. The van der Waals surface area contributed by atoms with Gasteiger partial charge in [0.2, 0.25) is 11.7 Å². The van der Waals surface area contributed by atoms with Gasteiger partial charge in [-0.1, -0.05) is 12.1 Å². The summed E-state index contributed by atoms with van der Waals surface area (Å²) < 4.78 is 12.6. The number of ether oxygens (including phenoxy) is 2. The lowest BCUT2D eigenvalue weighted by molar-refractivity contribution is -0.127. The Hall–Kier alpha value is -2.58. The molecule has 1 amide bonds. The van der Waals surface area contributed by atoms with Crippen LogP contribution < -0.4 is 0 Å². The van der Waals surface area contributed by atoms with Gasteiger partial charge in [0.25, 0.3) is 0 Å². The minimum Gasteiger partial charge on any atom is -0.454 e. The number of methoxy groups -OCH3 is 1. The number of hydrogen-bond donors (Lipinski definition) is 0. The highest BCUT2D eigenvalue weighted by molar-refractivity contribution is 8.00. The van der Waals surface area contributed by atoms with Crippen LogP contribution in [0.25, 0.3) is 0 Å². The van der Waals surface area contributed by atoms with Crippen molar-refractivity contribution in [2.75, 3.05) is 39.2 Å². The predicted octanol–water partition coefficient (Wildman–Crippen LogP) is 3.90. The van der Waals surface area contributed by atoms with E-state index in [2.05, 4.69) is 4.57 Å². The van der Waals surface area contributed by atoms with Crippen molar-refractivity contribution in [3.63, 3.8) is 0 Å². The molecule has 1 aromatic heterocycles. The van der Waals surface area contributed by atoms with Gasteiger partial charge in [-0.3, -0.25) is 9.59 Å². The molecular weight excluding hydrogens is 440 g/mol. The predicted molar refractivity (Wildman–Crippen MR) is 128 cm³/mol. The number of thioether (sulfide) groups is 1. The van der Waals surface area contributed by atoms with Crippen LogP contribution in [0.1, 0.15) is 51.4 Å². The molecular formula is C25H32N2O5S. The number of carbonyl (C=O) groups is 3. The Labute approximate surface area is 199 Å². The molecule has 0 atom stereocenters. The van der Waals surface area contributed by atoms with Crippen molar-refractivity contribution in [1.82, 2.24) is 9.47 Å². The third-order valence-electron chi connectivity index (χ3n) is 5.86. The molecule has 0 N–H and O–H groups in total. The van der Waals surface area contributed by atoms with Gasteiger partial charge in [-0.2, -0.15) is 0 Å². The second kappa shape index (κ2) is 12.0. The zero-order valence-electron chi connectivity index (χ0n) is 19.6. The van der Waals surface area contributed by atoms with E-state index in [1.165, 1.54) is 11.8 Å². The molecule has 0 spiro atoms. The lowest BCUT2D eigenvalue weighted by atomic mass is 10.1. The lowest BCUT2D eigenvalue weighted by Crippen LogP contribution is -2.29. The number of esters is 1. The maximum atomic E-state index is 12.8. The van der Waals surface area contributed by atoms with Crippen molar-refractivity contribution in [3.8, 4) is 0 Å². The summed E-state index contributed by atoms with van der Waals surface area (Å²) in [5.74, 6) is -0.437. The van der Waals surface area contributed by atoms with Gasteiger partial charge in [0.1, 0.15) is 0 Å². The van der Waals surface area contributed by atoms with Crippen LogP contribution in [-0.4, -0.2) is 66.3 Å². The SMILES string of the molecule is COCCCn1c(C)cc(C(=O)COC(=O)c2ccccc2SCC(=O)N2CCCC2)c1C. The van der Waals surface area contributed by atoms with Crippen LogP contribution in [0.5, 0.6) is 0 Å². The van der Waals surface area contributed by atoms with E-state index in [0.29, 0.717) is 22.6 Å². The molecule has 178 valence electrons. The Kier molecular flexibility index (Phi) is 9.14. The number of ketones is 1. The molecule has 0 unspecified atom stereocenters. The van der Waals surface area contributed by atoms with E-state index in [4.69, 9.17) is 9.47 Å². The number of Topliss-reactive ketones (excluding diaryl/α,β-unsaturated/α-hetero) is 1. The molecule has 0 radical (unpaired) electrons. The first-order chi connectivity index (χ1) is 15.9. The number of carbonyl (C=O) groups excluding carboxylic acids is 3. The minimum atomic E-state index is -0.561. The third-order valence-corrected chi connectivity index (χ3v) is 6.91. The number of nitrogens with zero attached hydrogens (tertiary/aromatic N) is 2. The fourth-order valence-electron chi connectivity index (χ4n) is 4.04. The van der Waals surface area contributed by atoms with Crippen LogP contribution in [0.2, 0.25) is 0 Å². The molecule has 0 saturated carbocycles. The van der Waals surface area contributed by atoms with E-state index in [9.17, 15) is 14.4 Å². The summed E-state index contributed by atoms with van der Waals surface area (Å²) in [5, 5.41) is 0. The van der Waals surface area contributed by atoms with Crippen LogP contribution in [0.15, 0.2) is 35.2 Å². The molecule has 33 heavy (non-hydrogen) atoms. The molecule has 1 aromatic carbocycles. The maximum Gasteiger partial charge on any atom is 0.339 e. The number of likely N-dealkylation sites (tertiary alicyclic amines) is 1. The molecule has 7 nitrogen and oxygen atoms in total. The standard InChI is InChI=1S/C25H32N2O5S/c1-18-15-21(19(2)27(18)13-8-14-31-3)22(28)16-32-25(30)20-9-4-5-10-23(20)33-17-24(29)26-11-6-7-12-26/h4-5,9-10,15H,6-8,11-14,16-17H2,1-3H3. The highest BCUT2D eigenvalue weighted by Crippen LogP contribution is 2.25. The second-order valence-corrected chi connectivity index (χ2v) is 9.17.